The molecule has 0 aromatic rings. The van der Waals surface area contributed by atoms with Gasteiger partial charge in [0.1, 0.15) is 13.2 Å². The smallest absolute Gasteiger partial charge is 0.306 e. The number of hydrogen-bond donors (Lipinski definition) is 0. The molecular weight excluding hydrogens is 781 g/mol. The lowest BCUT2D eigenvalue weighted by Gasteiger charge is -2.18. The maximum atomic E-state index is 12.8. The monoisotopic (exact) mass is 873 g/mol. The Bertz CT molecular complexity index is 1330. The van der Waals surface area contributed by atoms with Gasteiger partial charge in [0.2, 0.25) is 0 Å². The molecule has 0 heterocycles. The molecule has 0 rings (SSSR count). The largest absolute Gasteiger partial charge is 0.462 e. The van der Waals surface area contributed by atoms with Crippen LogP contribution in [0.2, 0.25) is 0 Å². The molecule has 0 radical (unpaired) electrons. The highest BCUT2D eigenvalue weighted by Crippen LogP contribution is 2.12. The second kappa shape index (κ2) is 50.7. The molecule has 0 aliphatic carbocycles. The quantitative estimate of drug-likeness (QED) is 0.0263. The van der Waals surface area contributed by atoms with Gasteiger partial charge in [-0.1, -0.05) is 188 Å². The van der Waals surface area contributed by atoms with E-state index in [1.807, 2.05) is 0 Å². The topological polar surface area (TPSA) is 78.9 Å². The molecule has 6 heteroatoms. The van der Waals surface area contributed by atoms with Crippen molar-refractivity contribution < 1.29 is 28.6 Å². The molecule has 0 fully saturated rings. The van der Waals surface area contributed by atoms with Gasteiger partial charge in [-0.15, -0.1) is 0 Å². The van der Waals surface area contributed by atoms with Crippen LogP contribution >= 0.6 is 0 Å². The molecule has 0 N–H and O–H groups in total. The predicted molar refractivity (Wildman–Crippen MR) is 270 cm³/mol. The molecule has 356 valence electrons. The van der Waals surface area contributed by atoms with Crippen molar-refractivity contribution in [1.29, 1.82) is 0 Å². The summed E-state index contributed by atoms with van der Waals surface area (Å²) in [6.45, 7) is 6.30. The van der Waals surface area contributed by atoms with E-state index in [1.54, 1.807) is 0 Å². The number of hydrogen-bond acceptors (Lipinski definition) is 6. The number of allylic oxidation sites excluding steroid dienone is 18. The summed E-state index contributed by atoms with van der Waals surface area (Å²) in [6, 6.07) is 0. The number of unbranched alkanes of at least 4 members (excludes halogenated alkanes) is 15. The normalized spacial score (nSPS) is 13.0. The minimum absolute atomic E-state index is 0.104. The predicted octanol–water partition coefficient (Wildman–Crippen LogP) is 16.8. The minimum Gasteiger partial charge on any atom is -0.462 e. The molecular formula is C57H92O6. The first-order valence-corrected chi connectivity index (χ1v) is 25.4. The Morgan fingerprint density at radius 3 is 1.00 bits per heavy atom. The summed E-state index contributed by atoms with van der Waals surface area (Å²) in [5.41, 5.74) is 0. The van der Waals surface area contributed by atoms with Crippen molar-refractivity contribution in [2.24, 2.45) is 0 Å². The summed E-state index contributed by atoms with van der Waals surface area (Å²) >= 11 is 0. The lowest BCUT2D eigenvalue weighted by Crippen LogP contribution is -2.30. The highest BCUT2D eigenvalue weighted by Gasteiger charge is 2.19. The summed E-state index contributed by atoms with van der Waals surface area (Å²) < 4.78 is 16.7. The molecule has 0 saturated carbocycles. The zero-order valence-corrected chi connectivity index (χ0v) is 40.5. The van der Waals surface area contributed by atoms with Crippen LogP contribution in [0.15, 0.2) is 109 Å². The molecule has 1 unspecified atom stereocenters. The fourth-order valence-electron chi connectivity index (χ4n) is 6.46. The van der Waals surface area contributed by atoms with Crippen LogP contribution < -0.4 is 0 Å². The van der Waals surface area contributed by atoms with Crippen molar-refractivity contribution in [2.75, 3.05) is 13.2 Å². The fourth-order valence-corrected chi connectivity index (χ4v) is 6.46. The Labute approximate surface area is 387 Å². The van der Waals surface area contributed by atoms with Crippen molar-refractivity contribution in [2.45, 2.75) is 219 Å². The van der Waals surface area contributed by atoms with Crippen molar-refractivity contribution in [3.63, 3.8) is 0 Å². The van der Waals surface area contributed by atoms with Crippen LogP contribution in [0.4, 0.5) is 0 Å². The van der Waals surface area contributed by atoms with E-state index in [0.717, 1.165) is 148 Å². The zero-order chi connectivity index (χ0) is 45.8. The molecule has 0 aliphatic rings. The molecule has 1 atom stereocenters. The van der Waals surface area contributed by atoms with Gasteiger partial charge in [0.05, 0.1) is 0 Å². The fraction of sp³-hybridized carbons (Fsp3) is 0.632. The summed E-state index contributed by atoms with van der Waals surface area (Å²) in [7, 11) is 0. The zero-order valence-electron chi connectivity index (χ0n) is 40.5. The second-order valence-electron chi connectivity index (χ2n) is 16.3. The Morgan fingerprint density at radius 2 is 0.619 bits per heavy atom. The van der Waals surface area contributed by atoms with Crippen LogP contribution in [0.3, 0.4) is 0 Å². The molecule has 0 aliphatic heterocycles. The molecule has 0 spiro atoms. The lowest BCUT2D eigenvalue weighted by atomic mass is 10.1. The number of ether oxygens (including phenoxy) is 3. The average Bonchev–Trinajstić information content (AvgIpc) is 3.28. The van der Waals surface area contributed by atoms with E-state index in [-0.39, 0.29) is 37.5 Å². The number of carbonyl (C=O) groups is 3. The van der Waals surface area contributed by atoms with E-state index < -0.39 is 6.10 Å². The number of esters is 3. The Kier molecular flexibility index (Phi) is 47.5. The van der Waals surface area contributed by atoms with Gasteiger partial charge in [-0.2, -0.15) is 0 Å². The van der Waals surface area contributed by atoms with Gasteiger partial charge in [-0.3, -0.25) is 14.4 Å². The van der Waals surface area contributed by atoms with Crippen molar-refractivity contribution in [3.05, 3.63) is 109 Å². The van der Waals surface area contributed by atoms with Crippen LogP contribution in [-0.2, 0) is 28.6 Å². The van der Waals surface area contributed by atoms with Crippen molar-refractivity contribution >= 4 is 17.9 Å². The van der Waals surface area contributed by atoms with Gasteiger partial charge in [0.15, 0.2) is 6.10 Å². The van der Waals surface area contributed by atoms with Gasteiger partial charge in [0.25, 0.3) is 0 Å². The summed E-state index contributed by atoms with van der Waals surface area (Å²) in [6.07, 6.45) is 67.9. The van der Waals surface area contributed by atoms with E-state index in [1.165, 1.54) is 25.7 Å². The number of carbonyl (C=O) groups excluding carboxylic acids is 3. The van der Waals surface area contributed by atoms with Gasteiger partial charge in [-0.05, 0) is 116 Å². The van der Waals surface area contributed by atoms with Crippen molar-refractivity contribution in [3.8, 4) is 0 Å². The summed E-state index contributed by atoms with van der Waals surface area (Å²) in [4.78, 5) is 37.9. The van der Waals surface area contributed by atoms with Gasteiger partial charge in [-0.25, -0.2) is 0 Å². The van der Waals surface area contributed by atoms with Crippen LogP contribution in [-0.4, -0.2) is 37.2 Å². The van der Waals surface area contributed by atoms with E-state index in [0.29, 0.717) is 12.8 Å². The molecule has 0 aromatic carbocycles. The van der Waals surface area contributed by atoms with E-state index in [4.69, 9.17) is 14.2 Å². The first-order valence-electron chi connectivity index (χ1n) is 25.4. The summed E-state index contributed by atoms with van der Waals surface area (Å²) in [5, 5.41) is 0. The van der Waals surface area contributed by atoms with E-state index in [9.17, 15) is 14.4 Å². The molecule has 0 bridgehead atoms. The third-order valence-corrected chi connectivity index (χ3v) is 10.2. The Hall–Kier alpha value is -3.93. The number of rotatable bonds is 44. The van der Waals surface area contributed by atoms with Gasteiger partial charge < -0.3 is 14.2 Å². The highest BCUT2D eigenvalue weighted by atomic mass is 16.6. The maximum Gasteiger partial charge on any atom is 0.306 e. The summed E-state index contributed by atoms with van der Waals surface area (Å²) in [5.74, 6) is -0.970. The first-order chi connectivity index (χ1) is 31.0. The third-order valence-electron chi connectivity index (χ3n) is 10.2. The van der Waals surface area contributed by atoms with Crippen LogP contribution in [0, 0.1) is 0 Å². The van der Waals surface area contributed by atoms with Gasteiger partial charge in [0, 0.05) is 19.3 Å². The Balaban J connectivity index is 4.45. The van der Waals surface area contributed by atoms with E-state index in [2.05, 4.69) is 130 Å². The molecule has 63 heavy (non-hydrogen) atoms. The van der Waals surface area contributed by atoms with E-state index >= 15 is 0 Å². The minimum atomic E-state index is -0.806. The Morgan fingerprint density at radius 1 is 0.333 bits per heavy atom. The third kappa shape index (κ3) is 49.0. The first kappa shape index (κ1) is 59.1. The molecule has 0 aromatic heterocycles. The van der Waals surface area contributed by atoms with Crippen LogP contribution in [0.25, 0.3) is 0 Å². The standard InChI is InChI=1S/C57H92O6/c1-4-7-10-13-16-19-22-24-26-28-29-30-32-33-35-38-41-44-47-50-56(59)62-53-54(52-61-55(58)49-46-43-40-37-21-18-15-12-9-6-3)63-57(60)51-48-45-42-39-36-34-31-27-25-23-20-17-14-11-8-5-2/h7-8,10-11,15-20,24-27,29-30,34,36,54H,4-6,9,12-14,21-23,28,31-33,35,37-53H2,1-3H3/b10-7-,11-8-,18-15-,19-16-,20-17-,26-24-,27-25-,30-29-,36-34-. The second-order valence-corrected chi connectivity index (χ2v) is 16.3. The van der Waals surface area contributed by atoms with Crippen LogP contribution in [0.1, 0.15) is 213 Å². The molecule has 0 amide bonds. The highest BCUT2D eigenvalue weighted by molar-refractivity contribution is 5.71. The lowest BCUT2D eigenvalue weighted by molar-refractivity contribution is -0.167. The molecule has 0 saturated heterocycles. The maximum absolute atomic E-state index is 12.8. The average molecular weight is 873 g/mol. The van der Waals surface area contributed by atoms with Gasteiger partial charge >= 0.3 is 17.9 Å². The molecule has 6 nitrogen and oxygen atoms in total. The van der Waals surface area contributed by atoms with Crippen LogP contribution in [0.5, 0.6) is 0 Å². The van der Waals surface area contributed by atoms with Crippen molar-refractivity contribution in [1.82, 2.24) is 0 Å². The SMILES string of the molecule is CC/C=C\C/C=C\C/C=C\C/C=C\CCCCCCCCC(=O)OCC(COC(=O)CCCCCC/C=C\CCCC)OC(=O)CCCCC/C=C\C/C=C\C/C=C\C/C=C\CC.